The second kappa shape index (κ2) is 3.94. The van der Waals surface area contributed by atoms with Gasteiger partial charge in [-0.05, 0) is 24.6 Å². The lowest BCUT2D eigenvalue weighted by Gasteiger charge is -2.18. The number of nitrogens with zero attached hydrogens (tertiary/aromatic N) is 1. The van der Waals surface area contributed by atoms with Crippen LogP contribution >= 0.6 is 15.9 Å². The van der Waals surface area contributed by atoms with Crippen LogP contribution in [0.5, 0.6) is 0 Å². The van der Waals surface area contributed by atoms with E-state index in [0.29, 0.717) is 13.0 Å². The van der Waals surface area contributed by atoms with Gasteiger partial charge in [-0.1, -0.05) is 22.0 Å². The van der Waals surface area contributed by atoms with E-state index in [9.17, 15) is 4.79 Å². The molecule has 1 aromatic carbocycles. The van der Waals surface area contributed by atoms with Gasteiger partial charge in [0.05, 0.1) is 0 Å². The van der Waals surface area contributed by atoms with Crippen LogP contribution in [0.15, 0.2) is 22.7 Å². The van der Waals surface area contributed by atoms with Gasteiger partial charge in [0, 0.05) is 29.2 Å². The minimum Gasteiger partial charge on any atom is -0.326 e. The summed E-state index contributed by atoms with van der Waals surface area (Å²) in [6, 6.07) is 5.90. The summed E-state index contributed by atoms with van der Waals surface area (Å²) in [4.78, 5) is 13.4. The van der Waals surface area contributed by atoms with Crippen LogP contribution in [-0.2, 0) is 4.79 Å². The zero-order valence-corrected chi connectivity index (χ0v) is 10.1. The van der Waals surface area contributed by atoms with Gasteiger partial charge in [0.15, 0.2) is 0 Å². The molecule has 0 bridgehead atoms. The van der Waals surface area contributed by atoms with E-state index in [1.807, 2.05) is 25.1 Å². The third kappa shape index (κ3) is 2.06. The van der Waals surface area contributed by atoms with Crippen LogP contribution in [0.3, 0.4) is 0 Å². The Morgan fingerprint density at radius 2 is 2.27 bits per heavy atom. The van der Waals surface area contributed by atoms with Crippen molar-refractivity contribution in [3.05, 3.63) is 28.2 Å². The number of anilines is 1. The van der Waals surface area contributed by atoms with Gasteiger partial charge in [0.2, 0.25) is 5.91 Å². The summed E-state index contributed by atoms with van der Waals surface area (Å²) in [5.41, 5.74) is 7.83. The first kappa shape index (κ1) is 10.6. The van der Waals surface area contributed by atoms with E-state index < -0.39 is 0 Å². The standard InChI is InChI=1S/C11H13BrN2O/c1-7-2-3-8(12)4-10(7)14-6-9(13)5-11(14)15/h2-4,9H,5-6,13H2,1H3. The van der Waals surface area contributed by atoms with Crippen molar-refractivity contribution in [2.45, 2.75) is 19.4 Å². The van der Waals surface area contributed by atoms with Crippen LogP contribution < -0.4 is 10.6 Å². The SMILES string of the molecule is Cc1ccc(Br)cc1N1CC(N)CC1=O. The Morgan fingerprint density at radius 1 is 1.53 bits per heavy atom. The Hall–Kier alpha value is -0.870. The summed E-state index contributed by atoms with van der Waals surface area (Å²) in [5.74, 6) is 0.115. The monoisotopic (exact) mass is 268 g/mol. The maximum absolute atomic E-state index is 11.7. The number of rotatable bonds is 1. The fourth-order valence-electron chi connectivity index (χ4n) is 1.84. The molecule has 3 nitrogen and oxygen atoms in total. The van der Waals surface area contributed by atoms with Crippen molar-refractivity contribution in [2.24, 2.45) is 5.73 Å². The van der Waals surface area contributed by atoms with E-state index in [-0.39, 0.29) is 11.9 Å². The molecule has 80 valence electrons. The number of amides is 1. The van der Waals surface area contributed by atoms with Gasteiger partial charge in [0.25, 0.3) is 0 Å². The summed E-state index contributed by atoms with van der Waals surface area (Å²) in [7, 11) is 0. The van der Waals surface area contributed by atoms with Crippen LogP contribution in [0.2, 0.25) is 0 Å². The second-order valence-electron chi connectivity index (χ2n) is 3.90. The first-order valence-corrected chi connectivity index (χ1v) is 5.69. The van der Waals surface area contributed by atoms with E-state index in [1.165, 1.54) is 0 Å². The highest BCUT2D eigenvalue weighted by Crippen LogP contribution is 2.27. The summed E-state index contributed by atoms with van der Waals surface area (Å²) in [5, 5.41) is 0. The van der Waals surface area contributed by atoms with Crippen molar-refractivity contribution in [1.29, 1.82) is 0 Å². The fourth-order valence-corrected chi connectivity index (χ4v) is 2.19. The predicted molar refractivity (Wildman–Crippen MR) is 63.8 cm³/mol. The number of aryl methyl sites for hydroxylation is 1. The Kier molecular flexibility index (Phi) is 2.80. The first-order valence-electron chi connectivity index (χ1n) is 4.90. The highest BCUT2D eigenvalue weighted by atomic mass is 79.9. The van der Waals surface area contributed by atoms with Crippen molar-refractivity contribution < 1.29 is 4.79 Å². The molecule has 0 aliphatic carbocycles. The molecule has 2 rings (SSSR count). The Bertz CT molecular complexity index is 406. The largest absolute Gasteiger partial charge is 0.326 e. The second-order valence-corrected chi connectivity index (χ2v) is 4.82. The topological polar surface area (TPSA) is 46.3 Å². The fraction of sp³-hybridized carbons (Fsp3) is 0.364. The molecule has 1 aliphatic rings. The molecule has 1 saturated heterocycles. The molecule has 15 heavy (non-hydrogen) atoms. The molecule has 0 spiro atoms. The molecule has 1 atom stereocenters. The van der Waals surface area contributed by atoms with Crippen LogP contribution in [-0.4, -0.2) is 18.5 Å². The van der Waals surface area contributed by atoms with Crippen molar-refractivity contribution in [2.75, 3.05) is 11.4 Å². The van der Waals surface area contributed by atoms with Gasteiger partial charge in [-0.2, -0.15) is 0 Å². The van der Waals surface area contributed by atoms with Crippen molar-refractivity contribution in [3.63, 3.8) is 0 Å². The zero-order chi connectivity index (χ0) is 11.0. The molecule has 2 N–H and O–H groups in total. The maximum atomic E-state index is 11.7. The molecular formula is C11H13BrN2O. The molecule has 0 radical (unpaired) electrons. The van der Waals surface area contributed by atoms with Crippen LogP contribution in [0, 0.1) is 6.92 Å². The Labute approximate surface area is 97.4 Å². The summed E-state index contributed by atoms with van der Waals surface area (Å²) in [6.07, 6.45) is 0.450. The molecular weight excluding hydrogens is 256 g/mol. The predicted octanol–water partition coefficient (Wildman–Crippen LogP) is 1.82. The molecule has 1 heterocycles. The van der Waals surface area contributed by atoms with Gasteiger partial charge in [-0.15, -0.1) is 0 Å². The third-order valence-corrected chi connectivity index (χ3v) is 3.11. The Morgan fingerprint density at radius 3 is 2.87 bits per heavy atom. The lowest BCUT2D eigenvalue weighted by molar-refractivity contribution is -0.117. The lowest BCUT2D eigenvalue weighted by Crippen LogP contribution is -2.28. The summed E-state index contributed by atoms with van der Waals surface area (Å²) in [6.45, 7) is 2.62. The van der Waals surface area contributed by atoms with Crippen LogP contribution in [0.4, 0.5) is 5.69 Å². The Balaban J connectivity index is 2.37. The number of carbonyl (C=O) groups excluding carboxylic acids is 1. The summed E-state index contributed by atoms with van der Waals surface area (Å²) < 4.78 is 0.983. The highest BCUT2D eigenvalue weighted by molar-refractivity contribution is 9.10. The van der Waals surface area contributed by atoms with E-state index in [2.05, 4.69) is 15.9 Å². The molecule has 0 aromatic heterocycles. The van der Waals surface area contributed by atoms with Gasteiger partial charge in [-0.25, -0.2) is 0 Å². The number of hydrogen-bond donors (Lipinski definition) is 1. The number of hydrogen-bond acceptors (Lipinski definition) is 2. The molecule has 0 saturated carbocycles. The van der Waals surface area contributed by atoms with Crippen LogP contribution in [0.25, 0.3) is 0 Å². The van der Waals surface area contributed by atoms with Crippen molar-refractivity contribution >= 4 is 27.5 Å². The average Bonchev–Trinajstić information content (AvgIpc) is 2.50. The zero-order valence-electron chi connectivity index (χ0n) is 8.53. The minimum absolute atomic E-state index is 0.0316. The first-order chi connectivity index (χ1) is 7.08. The molecule has 1 aliphatic heterocycles. The van der Waals surface area contributed by atoms with Gasteiger partial charge < -0.3 is 10.6 Å². The molecule has 1 fully saturated rings. The molecule has 4 heteroatoms. The van der Waals surface area contributed by atoms with E-state index >= 15 is 0 Å². The normalized spacial score (nSPS) is 21.1. The molecule has 1 aromatic rings. The van der Waals surface area contributed by atoms with Gasteiger partial charge in [0.1, 0.15) is 0 Å². The van der Waals surface area contributed by atoms with Gasteiger partial charge >= 0.3 is 0 Å². The number of halogens is 1. The third-order valence-electron chi connectivity index (χ3n) is 2.62. The summed E-state index contributed by atoms with van der Waals surface area (Å²) >= 11 is 3.41. The van der Waals surface area contributed by atoms with Crippen molar-refractivity contribution in [3.8, 4) is 0 Å². The number of benzene rings is 1. The minimum atomic E-state index is -0.0316. The number of carbonyl (C=O) groups is 1. The van der Waals surface area contributed by atoms with Crippen LogP contribution in [0.1, 0.15) is 12.0 Å². The van der Waals surface area contributed by atoms with E-state index in [0.717, 1.165) is 15.7 Å². The number of nitrogens with two attached hydrogens (primary N) is 1. The molecule has 1 amide bonds. The van der Waals surface area contributed by atoms with E-state index in [1.54, 1.807) is 4.90 Å². The van der Waals surface area contributed by atoms with E-state index in [4.69, 9.17) is 5.73 Å². The lowest BCUT2D eigenvalue weighted by atomic mass is 10.2. The average molecular weight is 269 g/mol. The van der Waals surface area contributed by atoms with Gasteiger partial charge in [-0.3, -0.25) is 4.79 Å². The quantitative estimate of drug-likeness (QED) is 0.845. The maximum Gasteiger partial charge on any atom is 0.228 e. The highest BCUT2D eigenvalue weighted by Gasteiger charge is 2.28. The smallest absolute Gasteiger partial charge is 0.228 e. The van der Waals surface area contributed by atoms with Crippen molar-refractivity contribution in [1.82, 2.24) is 0 Å². The molecule has 1 unspecified atom stereocenters.